The molecule has 2 aromatic carbocycles. The summed E-state index contributed by atoms with van der Waals surface area (Å²) in [6.45, 7) is 0. The maximum Gasteiger partial charge on any atom is 0.295 e. The van der Waals surface area contributed by atoms with Gasteiger partial charge in [-0.1, -0.05) is 19.3 Å². The number of carbonyl (C=O) groups excluding carboxylic acids is 3. The molecular formula is C29H28N2O5. The lowest BCUT2D eigenvalue weighted by atomic mass is 9.76. The van der Waals surface area contributed by atoms with Crippen LogP contribution in [0.3, 0.4) is 0 Å². The molecule has 1 aromatic heterocycles. The molecule has 1 aliphatic heterocycles. The summed E-state index contributed by atoms with van der Waals surface area (Å²) >= 11 is 0. The van der Waals surface area contributed by atoms with E-state index in [4.69, 9.17) is 4.74 Å². The number of Topliss-reactive ketones (excluding diaryl/α,β-unsaturated/α-hetero) is 2. The highest BCUT2D eigenvalue weighted by Gasteiger charge is 2.54. The van der Waals surface area contributed by atoms with Crippen LogP contribution < -0.4 is 14.4 Å². The van der Waals surface area contributed by atoms with Gasteiger partial charge < -0.3 is 14.8 Å². The number of benzene rings is 2. The van der Waals surface area contributed by atoms with Crippen LogP contribution in [0.25, 0.3) is 11.3 Å². The molecule has 0 bridgehead atoms. The minimum atomic E-state index is -1.05. The molecule has 0 spiro atoms. The molecule has 1 aliphatic carbocycles. The van der Waals surface area contributed by atoms with Gasteiger partial charge >= 0.3 is 0 Å². The minimum Gasteiger partial charge on any atom is -0.618 e. The van der Waals surface area contributed by atoms with Crippen molar-refractivity contribution in [3.8, 4) is 17.0 Å². The molecule has 0 radical (unpaired) electrons. The van der Waals surface area contributed by atoms with E-state index in [1.807, 2.05) is 0 Å². The number of carbonyl (C=O) groups is 3. The second-order valence-electron chi connectivity index (χ2n) is 9.46. The number of hydrogen-bond donors (Lipinski definition) is 0. The zero-order valence-corrected chi connectivity index (χ0v) is 20.1. The first-order valence-electron chi connectivity index (χ1n) is 12.3. The maximum atomic E-state index is 13.6. The van der Waals surface area contributed by atoms with Gasteiger partial charge in [0.25, 0.3) is 5.91 Å². The van der Waals surface area contributed by atoms with Crippen molar-refractivity contribution in [2.45, 2.75) is 38.1 Å². The van der Waals surface area contributed by atoms with Crippen LogP contribution in [0.2, 0.25) is 0 Å². The SMILES string of the molecule is COc1ccc(C(=O)C2C(=O)C(=O)N(c3ccc(-c4cccc[n+]4[O-])cc3)C2C2CCCCC2)cc1. The van der Waals surface area contributed by atoms with Crippen LogP contribution >= 0.6 is 0 Å². The summed E-state index contributed by atoms with van der Waals surface area (Å²) in [5.74, 6) is -2.02. The zero-order chi connectivity index (χ0) is 25.2. The molecule has 7 heteroatoms. The molecule has 2 unspecified atom stereocenters. The number of hydrogen-bond acceptors (Lipinski definition) is 5. The highest BCUT2D eigenvalue weighted by Crippen LogP contribution is 2.41. The molecule has 0 N–H and O–H groups in total. The Hall–Kier alpha value is -4.00. The van der Waals surface area contributed by atoms with Crippen molar-refractivity contribution in [1.29, 1.82) is 0 Å². The summed E-state index contributed by atoms with van der Waals surface area (Å²) in [4.78, 5) is 41.9. The van der Waals surface area contributed by atoms with Gasteiger partial charge in [0.05, 0.1) is 13.2 Å². The van der Waals surface area contributed by atoms with E-state index in [0.29, 0.717) is 28.3 Å². The summed E-state index contributed by atoms with van der Waals surface area (Å²) in [6, 6.07) is 18.3. The average Bonchev–Trinajstić information content (AvgIpc) is 3.19. The van der Waals surface area contributed by atoms with Crippen LogP contribution in [0.1, 0.15) is 42.5 Å². The Balaban J connectivity index is 1.52. The predicted molar refractivity (Wildman–Crippen MR) is 135 cm³/mol. The molecule has 7 nitrogen and oxygen atoms in total. The third-order valence-corrected chi connectivity index (χ3v) is 7.41. The molecular weight excluding hydrogens is 456 g/mol. The van der Waals surface area contributed by atoms with Crippen molar-refractivity contribution in [3.05, 3.63) is 83.7 Å². The molecule has 2 aliphatic rings. The van der Waals surface area contributed by atoms with Crippen LogP contribution in [0, 0.1) is 17.0 Å². The largest absolute Gasteiger partial charge is 0.618 e. The Labute approximate surface area is 209 Å². The van der Waals surface area contributed by atoms with Crippen molar-refractivity contribution in [2.75, 3.05) is 12.0 Å². The van der Waals surface area contributed by atoms with E-state index in [0.717, 1.165) is 36.8 Å². The van der Waals surface area contributed by atoms with E-state index in [-0.39, 0.29) is 11.7 Å². The summed E-state index contributed by atoms with van der Waals surface area (Å²) < 4.78 is 5.98. The molecule has 36 heavy (non-hydrogen) atoms. The van der Waals surface area contributed by atoms with Gasteiger partial charge in [0.1, 0.15) is 11.7 Å². The predicted octanol–water partition coefficient (Wildman–Crippen LogP) is 4.36. The van der Waals surface area contributed by atoms with Crippen LogP contribution in [0.15, 0.2) is 72.9 Å². The summed E-state index contributed by atoms with van der Waals surface area (Å²) in [6.07, 6.45) is 6.30. The van der Waals surface area contributed by atoms with Gasteiger partial charge in [0.2, 0.25) is 11.5 Å². The Kier molecular flexibility index (Phi) is 6.55. The van der Waals surface area contributed by atoms with Crippen LogP contribution in [-0.2, 0) is 9.59 Å². The Bertz CT molecular complexity index is 1280. The normalized spacial score (nSPS) is 20.5. The third kappa shape index (κ3) is 4.26. The van der Waals surface area contributed by atoms with Crippen molar-refractivity contribution in [1.82, 2.24) is 0 Å². The standard InChI is InChI=1S/C29H28N2O5/c1-36-23-16-12-21(13-17-23)27(32)25-26(20-7-3-2-4-8-20)31(29(34)28(25)33)22-14-10-19(11-15-22)24-9-5-6-18-30(24)35/h5-6,9-18,20,25-26H,2-4,7-8H2,1H3. The fourth-order valence-electron chi connectivity index (χ4n) is 5.59. The number of aromatic nitrogens is 1. The van der Waals surface area contributed by atoms with E-state index in [1.165, 1.54) is 11.1 Å². The van der Waals surface area contributed by atoms with Crippen molar-refractivity contribution < 1.29 is 23.9 Å². The van der Waals surface area contributed by atoms with E-state index in [9.17, 15) is 19.6 Å². The first-order valence-corrected chi connectivity index (χ1v) is 12.3. The van der Waals surface area contributed by atoms with Crippen molar-refractivity contribution in [2.24, 2.45) is 11.8 Å². The maximum absolute atomic E-state index is 13.6. The lowest BCUT2D eigenvalue weighted by molar-refractivity contribution is -0.593. The molecule has 1 amide bonds. The third-order valence-electron chi connectivity index (χ3n) is 7.41. The molecule has 1 saturated carbocycles. The van der Waals surface area contributed by atoms with E-state index in [1.54, 1.807) is 73.8 Å². The lowest BCUT2D eigenvalue weighted by Crippen LogP contribution is -2.44. The van der Waals surface area contributed by atoms with E-state index in [2.05, 4.69) is 0 Å². The Morgan fingerprint density at radius 1 is 0.944 bits per heavy atom. The summed E-state index contributed by atoms with van der Waals surface area (Å²) in [5.41, 5.74) is 2.15. The first-order chi connectivity index (χ1) is 17.5. The van der Waals surface area contributed by atoms with E-state index >= 15 is 0 Å². The van der Waals surface area contributed by atoms with E-state index < -0.39 is 23.7 Å². The van der Waals surface area contributed by atoms with Crippen LogP contribution in [0.5, 0.6) is 5.75 Å². The summed E-state index contributed by atoms with van der Waals surface area (Å²) in [7, 11) is 1.55. The van der Waals surface area contributed by atoms with Crippen molar-refractivity contribution >= 4 is 23.2 Å². The average molecular weight is 485 g/mol. The smallest absolute Gasteiger partial charge is 0.295 e. The molecule has 184 valence electrons. The fraction of sp³-hybridized carbons (Fsp3) is 0.310. The molecule has 5 rings (SSSR count). The second kappa shape index (κ2) is 9.93. The van der Waals surface area contributed by atoms with Gasteiger partial charge in [0.15, 0.2) is 12.0 Å². The lowest BCUT2D eigenvalue weighted by Gasteiger charge is -2.35. The van der Waals surface area contributed by atoms with Crippen LogP contribution in [0.4, 0.5) is 5.69 Å². The zero-order valence-electron chi connectivity index (χ0n) is 20.1. The van der Waals surface area contributed by atoms with Gasteiger partial charge in [-0.05, 0) is 73.4 Å². The quantitative estimate of drug-likeness (QED) is 0.170. The number of nitrogens with zero attached hydrogens (tertiary/aromatic N) is 2. The molecule has 1 saturated heterocycles. The number of ether oxygens (including phenoxy) is 1. The number of amides is 1. The van der Waals surface area contributed by atoms with Gasteiger partial charge in [-0.15, -0.1) is 0 Å². The number of ketones is 2. The highest BCUT2D eigenvalue weighted by atomic mass is 16.5. The fourth-order valence-corrected chi connectivity index (χ4v) is 5.59. The number of anilines is 1. The van der Waals surface area contributed by atoms with Gasteiger partial charge in [-0.3, -0.25) is 14.4 Å². The minimum absolute atomic E-state index is 0.0546. The van der Waals surface area contributed by atoms with Crippen molar-refractivity contribution in [3.63, 3.8) is 0 Å². The first kappa shape index (κ1) is 23.7. The van der Waals surface area contributed by atoms with Crippen LogP contribution in [-0.4, -0.2) is 30.6 Å². The number of methoxy groups -OCH3 is 1. The number of rotatable bonds is 6. The highest BCUT2D eigenvalue weighted by molar-refractivity contribution is 6.49. The van der Waals surface area contributed by atoms with Gasteiger partial charge in [0, 0.05) is 28.9 Å². The van der Waals surface area contributed by atoms with Gasteiger partial charge in [-0.2, -0.15) is 4.73 Å². The molecule has 2 fully saturated rings. The van der Waals surface area contributed by atoms with Gasteiger partial charge in [-0.25, -0.2) is 0 Å². The molecule has 2 heterocycles. The molecule has 3 aromatic rings. The second-order valence-corrected chi connectivity index (χ2v) is 9.46. The Morgan fingerprint density at radius 3 is 2.28 bits per heavy atom. The monoisotopic (exact) mass is 484 g/mol. The topological polar surface area (TPSA) is 90.6 Å². The molecule has 2 atom stereocenters. The number of pyridine rings is 1. The Morgan fingerprint density at radius 2 is 1.64 bits per heavy atom. The summed E-state index contributed by atoms with van der Waals surface area (Å²) in [5, 5.41) is 12.2.